The first-order valence-electron chi connectivity index (χ1n) is 15.7. The van der Waals surface area contributed by atoms with Crippen LogP contribution in [0.1, 0.15) is 0 Å². The molecule has 0 saturated heterocycles. The molecule has 0 fully saturated rings. The van der Waals surface area contributed by atoms with Gasteiger partial charge in [0, 0.05) is 49.6 Å². The molecule has 0 bridgehead atoms. The molecule has 0 saturated carbocycles. The number of hydrogen-bond acceptors (Lipinski definition) is 1. The Balaban J connectivity index is 1.33. The van der Waals surface area contributed by atoms with Gasteiger partial charge in [-0.15, -0.1) is 0 Å². The molecule has 0 radical (unpaired) electrons. The van der Waals surface area contributed by atoms with Crippen molar-refractivity contribution in [1.29, 1.82) is 0 Å². The summed E-state index contributed by atoms with van der Waals surface area (Å²) in [4.78, 5) is 4.11. The predicted octanol–water partition coefficient (Wildman–Crippen LogP) is 12.0. The monoisotopic (exact) mass is 599 g/mol. The van der Waals surface area contributed by atoms with E-state index in [1.54, 1.807) is 0 Å². The van der Waals surface area contributed by atoms with Gasteiger partial charge < -0.3 is 13.6 Å². The van der Waals surface area contributed by atoms with Crippen molar-refractivity contribution in [3.05, 3.63) is 163 Å². The Morgan fingerprint density at radius 2 is 0.979 bits per heavy atom. The van der Waals surface area contributed by atoms with E-state index in [0.717, 1.165) is 77.3 Å². The summed E-state index contributed by atoms with van der Waals surface area (Å²) >= 11 is 0. The zero-order valence-electron chi connectivity index (χ0n) is 25.2. The molecular weight excluding hydrogens is 574 g/mol. The lowest BCUT2D eigenvalue weighted by atomic mass is 9.98. The first-order chi connectivity index (χ1) is 23.3. The van der Waals surface area contributed by atoms with E-state index in [0.29, 0.717) is 5.69 Å². The molecule has 0 unspecified atom stereocenters. The van der Waals surface area contributed by atoms with Crippen LogP contribution in [0, 0.1) is 6.57 Å². The Bertz CT molecular complexity index is 2880. The molecule has 4 heteroatoms. The van der Waals surface area contributed by atoms with Gasteiger partial charge in [-0.3, -0.25) is 0 Å². The van der Waals surface area contributed by atoms with Crippen LogP contribution in [0.25, 0.3) is 92.9 Å². The van der Waals surface area contributed by atoms with Crippen LogP contribution < -0.4 is 0 Å². The summed E-state index contributed by atoms with van der Waals surface area (Å²) in [7, 11) is 0. The molecule has 7 aromatic carbocycles. The van der Waals surface area contributed by atoms with Crippen molar-refractivity contribution in [3.8, 4) is 22.5 Å². The summed E-state index contributed by atoms with van der Waals surface area (Å²) in [6, 6.07) is 52.8. The summed E-state index contributed by atoms with van der Waals surface area (Å²) in [6.07, 6.45) is 0. The van der Waals surface area contributed by atoms with Crippen molar-refractivity contribution in [1.82, 2.24) is 9.13 Å². The third-order valence-corrected chi connectivity index (χ3v) is 9.55. The Hall–Kier alpha value is -6.57. The summed E-state index contributed by atoms with van der Waals surface area (Å²) in [6.45, 7) is 8.35. The van der Waals surface area contributed by atoms with E-state index < -0.39 is 0 Å². The highest BCUT2D eigenvalue weighted by Gasteiger charge is 2.23. The molecule has 0 spiro atoms. The third kappa shape index (κ3) is 3.57. The number of benzene rings is 7. The molecule has 47 heavy (non-hydrogen) atoms. The van der Waals surface area contributed by atoms with E-state index in [9.17, 15) is 0 Å². The predicted molar refractivity (Wildman–Crippen MR) is 194 cm³/mol. The fourth-order valence-corrected chi connectivity index (χ4v) is 7.59. The van der Waals surface area contributed by atoms with E-state index in [4.69, 9.17) is 11.0 Å². The van der Waals surface area contributed by atoms with E-state index in [2.05, 4.69) is 141 Å². The van der Waals surface area contributed by atoms with Crippen LogP contribution in [-0.2, 0) is 0 Å². The molecule has 10 aromatic rings. The topological polar surface area (TPSA) is 27.4 Å². The highest BCUT2D eigenvalue weighted by Crippen LogP contribution is 2.45. The average molecular weight is 600 g/mol. The van der Waals surface area contributed by atoms with Crippen molar-refractivity contribution in [2.75, 3.05) is 0 Å². The first kappa shape index (κ1) is 25.7. The van der Waals surface area contributed by atoms with Crippen LogP contribution in [0.15, 0.2) is 156 Å². The molecule has 3 aromatic heterocycles. The SMILES string of the molecule is [C-]#[N+]c1cccc(-n2c3ccccc3c3cc4c(cc32)oc2ccccc24)c1-c1ccccc1-n1c2ccccc2c2ccccc21. The molecule has 0 aliphatic carbocycles. The second-order valence-corrected chi connectivity index (χ2v) is 12.0. The zero-order valence-corrected chi connectivity index (χ0v) is 25.2. The van der Waals surface area contributed by atoms with Gasteiger partial charge in [-0.05, 0) is 48.0 Å². The van der Waals surface area contributed by atoms with E-state index in [1.165, 1.54) is 10.8 Å². The Labute approximate surface area is 269 Å². The second-order valence-electron chi connectivity index (χ2n) is 12.0. The molecule has 0 aliphatic rings. The standard InChI is InChI=1S/C43H25N3O/c1-44-34-18-12-23-39(43(34)31-17-5-10-22-38(31)45-35-19-7-2-13-27(35)28-14-3-8-20-36(28)45)46-37-21-9-4-15-29(37)32-25-33-30-16-6-11-24-41(30)47-42(33)26-40(32)46/h2-26H. The number of aromatic nitrogens is 2. The highest BCUT2D eigenvalue weighted by molar-refractivity contribution is 6.18. The van der Waals surface area contributed by atoms with E-state index in [-0.39, 0.29) is 0 Å². The van der Waals surface area contributed by atoms with Gasteiger partial charge in [-0.1, -0.05) is 103 Å². The maximum atomic E-state index is 8.35. The third-order valence-electron chi connectivity index (χ3n) is 9.55. The molecular formula is C43H25N3O. The van der Waals surface area contributed by atoms with E-state index >= 15 is 0 Å². The second kappa shape index (κ2) is 9.71. The maximum Gasteiger partial charge on any atom is 0.197 e. The van der Waals surface area contributed by atoms with Gasteiger partial charge >= 0.3 is 0 Å². The van der Waals surface area contributed by atoms with E-state index in [1.807, 2.05) is 24.3 Å². The van der Waals surface area contributed by atoms with Crippen LogP contribution in [0.4, 0.5) is 5.69 Å². The van der Waals surface area contributed by atoms with Gasteiger partial charge in [0.25, 0.3) is 0 Å². The molecule has 0 N–H and O–H groups in total. The minimum atomic E-state index is 0.603. The smallest absolute Gasteiger partial charge is 0.197 e. The molecule has 4 nitrogen and oxygen atoms in total. The van der Waals surface area contributed by atoms with Gasteiger partial charge in [-0.25, -0.2) is 4.85 Å². The summed E-state index contributed by atoms with van der Waals surface area (Å²) in [5.74, 6) is 0. The number of nitrogens with zero attached hydrogens (tertiary/aromatic N) is 3. The molecule has 0 atom stereocenters. The fourth-order valence-electron chi connectivity index (χ4n) is 7.59. The van der Waals surface area contributed by atoms with Crippen molar-refractivity contribution in [2.24, 2.45) is 0 Å². The first-order valence-corrected chi connectivity index (χ1v) is 15.7. The molecule has 0 aliphatic heterocycles. The largest absolute Gasteiger partial charge is 0.456 e. The number of hydrogen-bond donors (Lipinski definition) is 0. The number of para-hydroxylation sites is 5. The Morgan fingerprint density at radius 1 is 0.426 bits per heavy atom. The fraction of sp³-hybridized carbons (Fsp3) is 0. The summed E-state index contributed by atoms with van der Waals surface area (Å²) in [5, 5.41) is 6.92. The molecule has 218 valence electrons. The van der Waals surface area contributed by atoms with Crippen molar-refractivity contribution < 1.29 is 4.42 Å². The van der Waals surface area contributed by atoms with Crippen molar-refractivity contribution in [2.45, 2.75) is 0 Å². The quantitative estimate of drug-likeness (QED) is 0.186. The highest BCUT2D eigenvalue weighted by atomic mass is 16.3. The number of rotatable bonds is 3. The molecule has 10 rings (SSSR count). The number of fused-ring (bicyclic) bond motifs is 9. The number of furan rings is 1. The average Bonchev–Trinajstić information content (AvgIpc) is 3.77. The summed E-state index contributed by atoms with van der Waals surface area (Å²) in [5.41, 5.74) is 10.6. The molecule has 3 heterocycles. The van der Waals surface area contributed by atoms with Crippen molar-refractivity contribution in [3.63, 3.8) is 0 Å². The Kier molecular flexibility index (Phi) is 5.32. The van der Waals surface area contributed by atoms with Gasteiger partial charge in [0.2, 0.25) is 0 Å². The van der Waals surface area contributed by atoms with Crippen LogP contribution in [0.5, 0.6) is 0 Å². The lowest BCUT2D eigenvalue weighted by Gasteiger charge is -2.19. The van der Waals surface area contributed by atoms with Gasteiger partial charge in [-0.2, -0.15) is 0 Å². The Morgan fingerprint density at radius 3 is 1.68 bits per heavy atom. The van der Waals surface area contributed by atoms with Crippen LogP contribution in [-0.4, -0.2) is 9.13 Å². The maximum absolute atomic E-state index is 8.35. The minimum Gasteiger partial charge on any atom is -0.456 e. The van der Waals surface area contributed by atoms with Crippen LogP contribution in [0.2, 0.25) is 0 Å². The minimum absolute atomic E-state index is 0.603. The van der Waals surface area contributed by atoms with Gasteiger partial charge in [0.05, 0.1) is 34.3 Å². The lowest BCUT2D eigenvalue weighted by molar-refractivity contribution is 0.669. The normalized spacial score (nSPS) is 11.8. The zero-order chi connectivity index (χ0) is 31.1. The van der Waals surface area contributed by atoms with Gasteiger partial charge in [0.1, 0.15) is 11.2 Å². The lowest BCUT2D eigenvalue weighted by Crippen LogP contribution is -2.01. The molecule has 0 amide bonds. The summed E-state index contributed by atoms with van der Waals surface area (Å²) < 4.78 is 11.0. The van der Waals surface area contributed by atoms with Crippen molar-refractivity contribution >= 4 is 71.2 Å². The van der Waals surface area contributed by atoms with Crippen LogP contribution in [0.3, 0.4) is 0 Å². The van der Waals surface area contributed by atoms with Crippen LogP contribution >= 0.6 is 0 Å². The van der Waals surface area contributed by atoms with Gasteiger partial charge in [0.15, 0.2) is 5.69 Å².